The molecule has 28 heavy (non-hydrogen) atoms. The molecule has 1 aliphatic heterocycles. The number of benzene rings is 1. The van der Waals surface area contributed by atoms with Crippen LogP contribution in [0.2, 0.25) is 0 Å². The van der Waals surface area contributed by atoms with Crippen LogP contribution in [0.15, 0.2) is 29.3 Å². The zero-order valence-electron chi connectivity index (χ0n) is 17.3. The molecule has 2 N–H and O–H groups in total. The van der Waals surface area contributed by atoms with Crippen LogP contribution in [0.25, 0.3) is 0 Å². The van der Waals surface area contributed by atoms with E-state index in [2.05, 4.69) is 25.4 Å². The number of carbonyl (C=O) groups excluding carboxylic acids is 1. The summed E-state index contributed by atoms with van der Waals surface area (Å²) in [6, 6.07) is 6.64. The molecule has 1 aliphatic rings. The molecule has 1 amide bonds. The van der Waals surface area contributed by atoms with Gasteiger partial charge >= 0.3 is 0 Å². The summed E-state index contributed by atoms with van der Waals surface area (Å²) in [5, 5.41) is 6.25. The minimum absolute atomic E-state index is 0. The molecule has 1 aromatic carbocycles. The number of amides is 1. The van der Waals surface area contributed by atoms with Crippen LogP contribution in [-0.4, -0.2) is 62.6 Å². The highest BCUT2D eigenvalue weighted by Crippen LogP contribution is 2.17. The molecule has 1 aromatic rings. The molecule has 158 valence electrons. The molecular formula is C20H33FIN5O. The fourth-order valence-electron chi connectivity index (χ4n) is 2.85. The van der Waals surface area contributed by atoms with Gasteiger partial charge in [0, 0.05) is 50.4 Å². The highest BCUT2D eigenvalue weighted by Gasteiger charge is 2.21. The van der Waals surface area contributed by atoms with Crippen LogP contribution >= 0.6 is 24.0 Å². The van der Waals surface area contributed by atoms with E-state index in [4.69, 9.17) is 0 Å². The molecular weight excluding hydrogens is 472 g/mol. The number of halogens is 2. The van der Waals surface area contributed by atoms with Gasteiger partial charge in [-0.3, -0.25) is 9.79 Å². The Morgan fingerprint density at radius 3 is 2.25 bits per heavy atom. The van der Waals surface area contributed by atoms with Gasteiger partial charge in [0.25, 0.3) is 0 Å². The quantitative estimate of drug-likeness (QED) is 0.280. The molecule has 2 rings (SSSR count). The van der Waals surface area contributed by atoms with E-state index < -0.39 is 0 Å². The van der Waals surface area contributed by atoms with Crippen molar-refractivity contribution in [1.82, 2.24) is 15.5 Å². The van der Waals surface area contributed by atoms with E-state index in [9.17, 15) is 9.18 Å². The summed E-state index contributed by atoms with van der Waals surface area (Å²) in [5.74, 6) is 0.703. The van der Waals surface area contributed by atoms with Crippen LogP contribution in [0.4, 0.5) is 10.1 Å². The van der Waals surface area contributed by atoms with Gasteiger partial charge in [-0.25, -0.2) is 4.39 Å². The van der Waals surface area contributed by atoms with Crippen LogP contribution in [0.1, 0.15) is 27.7 Å². The lowest BCUT2D eigenvalue weighted by atomic mass is 9.96. The van der Waals surface area contributed by atoms with Crippen LogP contribution < -0.4 is 15.5 Å². The standard InChI is InChI=1S/C20H32FN5O.HI/c1-5-22-19(24-11-10-23-18(27)20(2,3)4)26-14-12-25(13-15-26)17-8-6-16(21)7-9-17;/h6-9H,5,10-15H2,1-4H3,(H,22,24)(H,23,27);1H. The summed E-state index contributed by atoms with van der Waals surface area (Å²) in [7, 11) is 0. The van der Waals surface area contributed by atoms with Crippen molar-refractivity contribution in [3.63, 3.8) is 0 Å². The molecule has 0 radical (unpaired) electrons. The minimum Gasteiger partial charge on any atom is -0.368 e. The fraction of sp³-hybridized carbons (Fsp3) is 0.600. The Labute approximate surface area is 185 Å². The van der Waals surface area contributed by atoms with Crippen molar-refractivity contribution < 1.29 is 9.18 Å². The second-order valence-electron chi connectivity index (χ2n) is 7.69. The molecule has 8 heteroatoms. The van der Waals surface area contributed by atoms with Gasteiger partial charge in [0.2, 0.25) is 5.91 Å². The first kappa shape index (κ1) is 24.5. The van der Waals surface area contributed by atoms with E-state index in [1.54, 1.807) is 0 Å². The molecule has 0 aromatic heterocycles. The number of hydrogen-bond acceptors (Lipinski definition) is 3. The predicted octanol–water partition coefficient (Wildman–Crippen LogP) is 2.69. The number of aliphatic imine (C=N–C) groups is 1. The Morgan fingerprint density at radius 2 is 1.71 bits per heavy atom. The van der Waals surface area contributed by atoms with Crippen molar-refractivity contribution >= 4 is 41.5 Å². The Balaban J connectivity index is 0.00000392. The first-order valence-electron chi connectivity index (χ1n) is 9.63. The summed E-state index contributed by atoms with van der Waals surface area (Å²) >= 11 is 0. The van der Waals surface area contributed by atoms with Crippen molar-refractivity contribution in [2.45, 2.75) is 27.7 Å². The summed E-state index contributed by atoms with van der Waals surface area (Å²) in [6.45, 7) is 13.0. The second-order valence-corrected chi connectivity index (χ2v) is 7.69. The van der Waals surface area contributed by atoms with Crippen molar-refractivity contribution in [3.05, 3.63) is 30.1 Å². The lowest BCUT2D eigenvalue weighted by Gasteiger charge is -2.37. The number of nitrogens with one attached hydrogen (secondary N) is 2. The van der Waals surface area contributed by atoms with E-state index in [0.717, 1.165) is 44.4 Å². The van der Waals surface area contributed by atoms with E-state index in [1.165, 1.54) is 12.1 Å². The Morgan fingerprint density at radius 1 is 1.11 bits per heavy atom. The van der Waals surface area contributed by atoms with Crippen molar-refractivity contribution in [3.8, 4) is 0 Å². The molecule has 1 saturated heterocycles. The third-order valence-electron chi connectivity index (χ3n) is 4.45. The molecule has 0 aliphatic carbocycles. The van der Waals surface area contributed by atoms with Gasteiger partial charge in [-0.05, 0) is 31.2 Å². The van der Waals surface area contributed by atoms with Crippen LogP contribution in [-0.2, 0) is 4.79 Å². The molecule has 0 atom stereocenters. The normalized spacial score (nSPS) is 15.1. The van der Waals surface area contributed by atoms with Crippen LogP contribution in [0, 0.1) is 11.2 Å². The lowest BCUT2D eigenvalue weighted by molar-refractivity contribution is -0.128. The monoisotopic (exact) mass is 505 g/mol. The maximum atomic E-state index is 13.1. The van der Waals surface area contributed by atoms with Gasteiger partial charge in [-0.2, -0.15) is 0 Å². The number of nitrogens with zero attached hydrogens (tertiary/aromatic N) is 3. The fourth-order valence-corrected chi connectivity index (χ4v) is 2.85. The molecule has 0 spiro atoms. The Bertz CT molecular complexity index is 637. The zero-order valence-corrected chi connectivity index (χ0v) is 19.6. The lowest BCUT2D eigenvalue weighted by Crippen LogP contribution is -2.52. The van der Waals surface area contributed by atoms with Gasteiger partial charge < -0.3 is 20.4 Å². The van der Waals surface area contributed by atoms with Crippen molar-refractivity contribution in [2.24, 2.45) is 10.4 Å². The molecule has 1 fully saturated rings. The zero-order chi connectivity index (χ0) is 19.9. The maximum absolute atomic E-state index is 13.1. The largest absolute Gasteiger partial charge is 0.368 e. The number of anilines is 1. The smallest absolute Gasteiger partial charge is 0.225 e. The third-order valence-corrected chi connectivity index (χ3v) is 4.45. The first-order chi connectivity index (χ1) is 12.8. The van der Waals surface area contributed by atoms with Crippen molar-refractivity contribution in [2.75, 3.05) is 50.7 Å². The molecule has 0 unspecified atom stereocenters. The highest BCUT2D eigenvalue weighted by atomic mass is 127. The Kier molecular flexibility index (Phi) is 9.98. The predicted molar refractivity (Wildman–Crippen MR) is 124 cm³/mol. The van der Waals surface area contributed by atoms with Crippen LogP contribution in [0.5, 0.6) is 0 Å². The van der Waals surface area contributed by atoms with Gasteiger partial charge in [0.05, 0.1) is 6.54 Å². The summed E-state index contributed by atoms with van der Waals surface area (Å²) in [6.07, 6.45) is 0. The van der Waals surface area contributed by atoms with E-state index in [0.29, 0.717) is 13.1 Å². The second kappa shape index (κ2) is 11.4. The maximum Gasteiger partial charge on any atom is 0.225 e. The van der Waals surface area contributed by atoms with Crippen molar-refractivity contribution in [1.29, 1.82) is 0 Å². The molecule has 6 nitrogen and oxygen atoms in total. The van der Waals surface area contributed by atoms with Gasteiger partial charge in [-0.1, -0.05) is 20.8 Å². The average molecular weight is 505 g/mol. The number of piperazine rings is 1. The highest BCUT2D eigenvalue weighted by molar-refractivity contribution is 14.0. The first-order valence-corrected chi connectivity index (χ1v) is 9.63. The molecule has 0 saturated carbocycles. The van der Waals surface area contributed by atoms with Crippen LogP contribution in [0.3, 0.4) is 0 Å². The number of rotatable bonds is 5. The van der Waals surface area contributed by atoms with E-state index in [1.807, 2.05) is 39.8 Å². The summed E-state index contributed by atoms with van der Waals surface area (Å²) in [5.41, 5.74) is 0.660. The summed E-state index contributed by atoms with van der Waals surface area (Å²) in [4.78, 5) is 21.0. The van der Waals surface area contributed by atoms with E-state index >= 15 is 0 Å². The third kappa shape index (κ3) is 7.44. The van der Waals surface area contributed by atoms with Gasteiger partial charge in [-0.15, -0.1) is 24.0 Å². The molecule has 0 bridgehead atoms. The topological polar surface area (TPSA) is 60.0 Å². The average Bonchev–Trinajstić information content (AvgIpc) is 2.64. The van der Waals surface area contributed by atoms with Gasteiger partial charge in [0.1, 0.15) is 5.82 Å². The minimum atomic E-state index is -0.384. The Hall–Kier alpha value is -1.58. The SMILES string of the molecule is CCNC(=NCCNC(=O)C(C)(C)C)N1CCN(c2ccc(F)cc2)CC1.I. The number of guanidine groups is 1. The number of carbonyl (C=O) groups is 1. The van der Waals surface area contributed by atoms with Gasteiger partial charge in [0.15, 0.2) is 5.96 Å². The summed E-state index contributed by atoms with van der Waals surface area (Å²) < 4.78 is 13.1. The number of hydrogen-bond donors (Lipinski definition) is 2. The van der Waals surface area contributed by atoms with E-state index in [-0.39, 0.29) is 41.1 Å². The molecule has 1 heterocycles.